The van der Waals surface area contributed by atoms with Gasteiger partial charge in [0.15, 0.2) is 5.65 Å². The fourth-order valence-electron chi connectivity index (χ4n) is 3.32. The topological polar surface area (TPSA) is 75.1 Å². The summed E-state index contributed by atoms with van der Waals surface area (Å²) in [6.07, 6.45) is 2.67. The van der Waals surface area contributed by atoms with E-state index in [1.165, 1.54) is 0 Å². The number of aromatic amines is 1. The molecule has 4 aromatic heterocycles. The maximum atomic E-state index is 12.3. The zero-order chi connectivity index (χ0) is 21.6. The Morgan fingerprint density at radius 1 is 1.13 bits per heavy atom. The molecule has 6 nitrogen and oxygen atoms in total. The van der Waals surface area contributed by atoms with Crippen LogP contribution >= 0.6 is 11.3 Å². The predicted molar refractivity (Wildman–Crippen MR) is 112 cm³/mol. The number of nitrogens with one attached hydrogen (secondary N) is 2. The lowest BCUT2D eigenvalue weighted by atomic mass is 10.1. The second kappa shape index (κ2) is 7.24. The lowest BCUT2D eigenvalue weighted by Gasteiger charge is -2.06. The molecule has 31 heavy (non-hydrogen) atoms. The van der Waals surface area contributed by atoms with Crippen molar-refractivity contribution in [2.45, 2.75) is 6.18 Å². The lowest BCUT2D eigenvalue weighted by molar-refractivity contribution is -0.123. The fraction of sp³-hybridized carbons (Fsp3) is 0.0952. The zero-order valence-electron chi connectivity index (χ0n) is 15.8. The van der Waals surface area contributed by atoms with Crippen LogP contribution in [0.2, 0.25) is 0 Å². The van der Waals surface area contributed by atoms with Crippen molar-refractivity contribution in [2.75, 3.05) is 6.54 Å². The van der Waals surface area contributed by atoms with Gasteiger partial charge in [0.2, 0.25) is 0 Å². The molecule has 10 heteroatoms. The summed E-state index contributed by atoms with van der Waals surface area (Å²) in [7, 11) is 0. The van der Waals surface area contributed by atoms with Gasteiger partial charge >= 0.3 is 6.18 Å². The van der Waals surface area contributed by atoms with Crippen LogP contribution in [0.15, 0.2) is 60.5 Å². The van der Waals surface area contributed by atoms with Crippen molar-refractivity contribution in [1.82, 2.24) is 24.9 Å². The SMILES string of the molecule is O=C(NCC(F)(F)F)c1cc(-c2cnn3cc(-c4ccc5[nH]ccc5c4)cnc23)cs1. The van der Waals surface area contributed by atoms with E-state index in [9.17, 15) is 18.0 Å². The van der Waals surface area contributed by atoms with Crippen LogP contribution in [0.1, 0.15) is 9.67 Å². The van der Waals surface area contributed by atoms with E-state index < -0.39 is 18.6 Å². The van der Waals surface area contributed by atoms with E-state index >= 15 is 0 Å². The maximum absolute atomic E-state index is 12.3. The molecule has 4 heterocycles. The standard InChI is InChI=1S/C21H14F3N5OS/c22-21(23,24)11-27-20(30)18-6-14(10-31-18)16-8-28-29-9-15(7-26-19(16)29)12-1-2-17-13(5-12)3-4-25-17/h1-10,25H,11H2,(H,27,30). The van der Waals surface area contributed by atoms with Gasteiger partial charge in [-0.2, -0.15) is 18.3 Å². The van der Waals surface area contributed by atoms with Crippen molar-refractivity contribution in [3.05, 3.63) is 65.4 Å². The van der Waals surface area contributed by atoms with E-state index in [1.54, 1.807) is 28.4 Å². The molecule has 5 rings (SSSR count). The number of amides is 1. The molecule has 0 atom stereocenters. The third-order valence-corrected chi connectivity index (χ3v) is 5.76. The number of hydrogen-bond acceptors (Lipinski definition) is 4. The third-order valence-electron chi connectivity index (χ3n) is 4.83. The smallest absolute Gasteiger partial charge is 0.361 e. The summed E-state index contributed by atoms with van der Waals surface area (Å²) in [5.41, 5.74) is 4.89. The number of carbonyl (C=O) groups excluding carboxylic acids is 1. The Balaban J connectivity index is 1.43. The molecule has 0 fully saturated rings. The molecule has 0 radical (unpaired) electrons. The summed E-state index contributed by atoms with van der Waals surface area (Å²) in [6, 6.07) is 9.60. The van der Waals surface area contributed by atoms with Crippen molar-refractivity contribution in [3.63, 3.8) is 0 Å². The van der Waals surface area contributed by atoms with Crippen LogP contribution in [0, 0.1) is 0 Å². The van der Waals surface area contributed by atoms with Crippen molar-refractivity contribution >= 4 is 33.8 Å². The second-order valence-electron chi connectivity index (χ2n) is 6.95. The van der Waals surface area contributed by atoms with Crippen molar-refractivity contribution in [3.8, 4) is 22.3 Å². The average molecular weight is 441 g/mol. The number of H-pyrrole nitrogens is 1. The van der Waals surface area contributed by atoms with Crippen LogP contribution in [0.3, 0.4) is 0 Å². The van der Waals surface area contributed by atoms with E-state index in [1.807, 2.05) is 35.9 Å². The summed E-state index contributed by atoms with van der Waals surface area (Å²) >= 11 is 1.07. The highest BCUT2D eigenvalue weighted by Gasteiger charge is 2.28. The molecular weight excluding hydrogens is 427 g/mol. The number of fused-ring (bicyclic) bond motifs is 2. The molecule has 0 aliphatic heterocycles. The fourth-order valence-corrected chi connectivity index (χ4v) is 4.15. The molecular formula is C21H14F3N5OS. The minimum absolute atomic E-state index is 0.190. The Morgan fingerprint density at radius 3 is 2.84 bits per heavy atom. The molecule has 5 aromatic rings. The number of halogens is 3. The molecule has 0 saturated carbocycles. The van der Waals surface area contributed by atoms with Gasteiger partial charge in [0.25, 0.3) is 5.91 Å². The number of aromatic nitrogens is 4. The predicted octanol–water partition coefficient (Wildman–Crippen LogP) is 4.90. The minimum atomic E-state index is -4.45. The molecule has 0 spiro atoms. The third kappa shape index (κ3) is 3.77. The normalized spacial score (nSPS) is 12.0. The Hall–Kier alpha value is -3.66. The first-order valence-electron chi connectivity index (χ1n) is 9.22. The second-order valence-corrected chi connectivity index (χ2v) is 7.86. The maximum Gasteiger partial charge on any atom is 0.405 e. The molecule has 156 valence electrons. The first-order valence-corrected chi connectivity index (χ1v) is 10.1. The van der Waals surface area contributed by atoms with Gasteiger partial charge in [0.05, 0.1) is 11.1 Å². The lowest BCUT2D eigenvalue weighted by Crippen LogP contribution is -2.33. The molecule has 0 aliphatic carbocycles. The monoisotopic (exact) mass is 441 g/mol. The minimum Gasteiger partial charge on any atom is -0.361 e. The zero-order valence-corrected chi connectivity index (χ0v) is 16.6. The van der Waals surface area contributed by atoms with Crippen molar-refractivity contribution in [1.29, 1.82) is 0 Å². The number of carbonyl (C=O) groups is 1. The van der Waals surface area contributed by atoms with Gasteiger partial charge in [-0.15, -0.1) is 11.3 Å². The van der Waals surface area contributed by atoms with Crippen LogP contribution in [0.25, 0.3) is 38.8 Å². The molecule has 1 amide bonds. The van der Waals surface area contributed by atoms with E-state index in [-0.39, 0.29) is 4.88 Å². The van der Waals surface area contributed by atoms with Crippen LogP contribution in [-0.4, -0.2) is 38.2 Å². The van der Waals surface area contributed by atoms with Gasteiger partial charge in [-0.1, -0.05) is 6.07 Å². The van der Waals surface area contributed by atoms with E-state index in [0.717, 1.165) is 33.4 Å². The Morgan fingerprint density at radius 2 is 2.00 bits per heavy atom. The van der Waals surface area contributed by atoms with Gasteiger partial charge in [-0.25, -0.2) is 9.50 Å². The van der Waals surface area contributed by atoms with Crippen molar-refractivity contribution < 1.29 is 18.0 Å². The van der Waals surface area contributed by atoms with Gasteiger partial charge in [0.1, 0.15) is 6.54 Å². The largest absolute Gasteiger partial charge is 0.405 e. The van der Waals surface area contributed by atoms with Crippen LogP contribution in [-0.2, 0) is 0 Å². The Labute approximate surface area is 177 Å². The number of thiophene rings is 1. The van der Waals surface area contributed by atoms with Gasteiger partial charge in [-0.3, -0.25) is 4.79 Å². The van der Waals surface area contributed by atoms with E-state index in [2.05, 4.69) is 21.1 Å². The van der Waals surface area contributed by atoms with E-state index in [0.29, 0.717) is 16.8 Å². The Kier molecular flexibility index (Phi) is 4.51. The van der Waals surface area contributed by atoms with E-state index in [4.69, 9.17) is 0 Å². The number of hydrogen-bond donors (Lipinski definition) is 2. The van der Waals surface area contributed by atoms with Gasteiger partial charge in [-0.05, 0) is 46.2 Å². The molecule has 0 aliphatic rings. The average Bonchev–Trinajstić information content (AvgIpc) is 3.48. The number of benzene rings is 1. The molecule has 0 saturated heterocycles. The number of alkyl halides is 3. The highest BCUT2D eigenvalue weighted by Crippen LogP contribution is 2.30. The number of nitrogens with zero attached hydrogens (tertiary/aromatic N) is 3. The van der Waals surface area contributed by atoms with Crippen LogP contribution in [0.4, 0.5) is 13.2 Å². The highest BCUT2D eigenvalue weighted by molar-refractivity contribution is 7.12. The quantitative estimate of drug-likeness (QED) is 0.417. The summed E-state index contributed by atoms with van der Waals surface area (Å²) in [5.74, 6) is -0.763. The van der Waals surface area contributed by atoms with Crippen molar-refractivity contribution in [2.24, 2.45) is 0 Å². The summed E-state index contributed by atoms with van der Waals surface area (Å²) in [6.45, 7) is -1.37. The highest BCUT2D eigenvalue weighted by atomic mass is 32.1. The molecule has 0 unspecified atom stereocenters. The summed E-state index contributed by atoms with van der Waals surface area (Å²) in [5, 5.41) is 9.03. The van der Waals surface area contributed by atoms with Gasteiger partial charge in [0, 0.05) is 35.2 Å². The first-order chi connectivity index (χ1) is 14.9. The molecule has 1 aromatic carbocycles. The summed E-state index contributed by atoms with van der Waals surface area (Å²) < 4.78 is 38.6. The first kappa shape index (κ1) is 19.3. The number of rotatable bonds is 4. The Bertz CT molecular complexity index is 1420. The molecule has 2 N–H and O–H groups in total. The van der Waals surface area contributed by atoms with Gasteiger partial charge < -0.3 is 10.3 Å². The van der Waals surface area contributed by atoms with Crippen LogP contribution in [0.5, 0.6) is 0 Å². The summed E-state index contributed by atoms with van der Waals surface area (Å²) in [4.78, 5) is 19.9. The molecule has 0 bridgehead atoms. The van der Waals surface area contributed by atoms with Crippen LogP contribution < -0.4 is 5.32 Å².